The van der Waals surface area contributed by atoms with E-state index in [-0.39, 0.29) is 18.4 Å². The predicted octanol–water partition coefficient (Wildman–Crippen LogP) is 0.572. The lowest BCUT2D eigenvalue weighted by atomic mass is 10.1. The lowest BCUT2D eigenvalue weighted by Crippen LogP contribution is -3.11. The molecule has 1 aliphatic rings. The third-order valence-electron chi connectivity index (χ3n) is 3.90. The zero-order valence-electron chi connectivity index (χ0n) is 13.3. The Morgan fingerprint density at radius 1 is 1.04 bits per heavy atom. The molecule has 1 unspecified atom stereocenters. The Labute approximate surface area is 135 Å². The van der Waals surface area contributed by atoms with Crippen LogP contribution in [0.2, 0.25) is 0 Å². The number of likely N-dealkylation sites (N-methyl/N-ethyl adjacent to an activating group) is 1. The van der Waals surface area contributed by atoms with Crippen LogP contribution in [0.1, 0.15) is 12.8 Å². The first-order chi connectivity index (χ1) is 11.1. The van der Waals surface area contributed by atoms with Crippen molar-refractivity contribution in [2.45, 2.75) is 18.9 Å². The summed E-state index contributed by atoms with van der Waals surface area (Å²) in [6.07, 6.45) is 2.15. The minimum Gasteiger partial charge on any atom is -0.348 e. The first-order valence-corrected chi connectivity index (χ1v) is 7.99. The lowest BCUT2D eigenvalue weighted by molar-refractivity contribution is -0.862. The fourth-order valence-electron chi connectivity index (χ4n) is 2.59. The van der Waals surface area contributed by atoms with Crippen molar-refractivity contribution >= 4 is 28.3 Å². The molecule has 0 saturated heterocycles. The summed E-state index contributed by atoms with van der Waals surface area (Å²) in [4.78, 5) is 24.7. The topological polar surface area (TPSA) is 62.6 Å². The number of hydrogen-bond acceptors (Lipinski definition) is 2. The van der Waals surface area contributed by atoms with Gasteiger partial charge < -0.3 is 15.5 Å². The van der Waals surface area contributed by atoms with Crippen LogP contribution in [0.15, 0.2) is 42.5 Å². The molecule has 0 heterocycles. The van der Waals surface area contributed by atoms with Crippen LogP contribution >= 0.6 is 0 Å². The Morgan fingerprint density at radius 2 is 1.74 bits per heavy atom. The Kier molecular flexibility index (Phi) is 4.57. The highest BCUT2D eigenvalue weighted by Gasteiger charge is 2.24. The number of fused-ring (bicyclic) bond motifs is 1. The maximum absolute atomic E-state index is 12.1. The molecule has 0 spiro atoms. The van der Waals surface area contributed by atoms with E-state index in [1.54, 1.807) is 0 Å². The van der Waals surface area contributed by atoms with Crippen molar-refractivity contribution in [2.75, 3.05) is 25.5 Å². The molecule has 0 aliphatic heterocycles. The number of hydrogen-bond donors (Lipinski definition) is 3. The van der Waals surface area contributed by atoms with Gasteiger partial charge in [-0.1, -0.05) is 30.3 Å². The standard InChI is InChI=1S/C18H21N3O2/c1-21(11-17(22)19-15-8-9-15)12-18(23)20-16-7-6-13-4-2-3-5-14(13)10-16/h2-7,10,15H,8-9,11-12H2,1H3,(H,19,22)(H,20,23)/p+1. The molecule has 0 bridgehead atoms. The van der Waals surface area contributed by atoms with E-state index in [2.05, 4.69) is 10.6 Å². The molecule has 1 saturated carbocycles. The Hall–Kier alpha value is -2.40. The average molecular weight is 312 g/mol. The zero-order valence-corrected chi connectivity index (χ0v) is 13.3. The van der Waals surface area contributed by atoms with E-state index in [1.807, 2.05) is 49.5 Å². The summed E-state index contributed by atoms with van der Waals surface area (Å²) in [6.45, 7) is 0.590. The second-order valence-corrected chi connectivity index (χ2v) is 6.26. The van der Waals surface area contributed by atoms with Gasteiger partial charge in [0, 0.05) is 11.7 Å². The molecule has 2 aromatic rings. The maximum atomic E-state index is 12.1. The van der Waals surface area contributed by atoms with Gasteiger partial charge in [-0.2, -0.15) is 0 Å². The van der Waals surface area contributed by atoms with E-state index in [1.165, 1.54) is 0 Å². The second-order valence-electron chi connectivity index (χ2n) is 6.26. The second kappa shape index (κ2) is 6.79. The van der Waals surface area contributed by atoms with E-state index in [0.717, 1.165) is 34.2 Å². The van der Waals surface area contributed by atoms with Gasteiger partial charge in [-0.15, -0.1) is 0 Å². The molecule has 1 atom stereocenters. The van der Waals surface area contributed by atoms with Crippen LogP contribution in [0.4, 0.5) is 5.69 Å². The van der Waals surface area contributed by atoms with Crippen LogP contribution in [0.3, 0.4) is 0 Å². The molecule has 0 radical (unpaired) electrons. The molecule has 3 N–H and O–H groups in total. The fraction of sp³-hybridized carbons (Fsp3) is 0.333. The summed E-state index contributed by atoms with van der Waals surface area (Å²) in [5.74, 6) is -0.0690. The molecule has 1 aliphatic carbocycles. The molecule has 5 nitrogen and oxygen atoms in total. The number of quaternary nitrogens is 1. The number of carbonyl (C=O) groups is 2. The van der Waals surface area contributed by atoms with Crippen molar-refractivity contribution < 1.29 is 14.5 Å². The van der Waals surface area contributed by atoms with Crippen LogP contribution in [0.25, 0.3) is 10.8 Å². The maximum Gasteiger partial charge on any atom is 0.279 e. The smallest absolute Gasteiger partial charge is 0.279 e. The van der Waals surface area contributed by atoms with Crippen molar-refractivity contribution in [2.24, 2.45) is 0 Å². The molecule has 2 amide bonds. The summed E-state index contributed by atoms with van der Waals surface area (Å²) in [5, 5.41) is 8.07. The predicted molar refractivity (Wildman–Crippen MR) is 90.4 cm³/mol. The van der Waals surface area contributed by atoms with Crippen molar-refractivity contribution in [3.63, 3.8) is 0 Å². The first-order valence-electron chi connectivity index (χ1n) is 7.99. The van der Waals surface area contributed by atoms with E-state index < -0.39 is 0 Å². The highest BCUT2D eigenvalue weighted by Crippen LogP contribution is 2.19. The van der Waals surface area contributed by atoms with Gasteiger partial charge in [-0.3, -0.25) is 9.59 Å². The largest absolute Gasteiger partial charge is 0.348 e. The summed E-state index contributed by atoms with van der Waals surface area (Å²) in [5.41, 5.74) is 0.781. The average Bonchev–Trinajstić information content (AvgIpc) is 3.30. The molecular weight excluding hydrogens is 290 g/mol. The monoisotopic (exact) mass is 312 g/mol. The number of nitrogens with one attached hydrogen (secondary N) is 3. The molecule has 23 heavy (non-hydrogen) atoms. The van der Waals surface area contributed by atoms with Crippen LogP contribution < -0.4 is 15.5 Å². The normalized spacial score (nSPS) is 15.2. The quantitative estimate of drug-likeness (QED) is 0.730. The highest BCUT2D eigenvalue weighted by atomic mass is 16.2. The number of rotatable bonds is 6. The van der Waals surface area contributed by atoms with Crippen LogP contribution in [-0.4, -0.2) is 38.0 Å². The summed E-state index contributed by atoms with van der Waals surface area (Å²) in [7, 11) is 1.85. The molecule has 0 aromatic heterocycles. The Bertz CT molecular complexity index is 725. The van der Waals surface area contributed by atoms with Gasteiger partial charge in [0.2, 0.25) is 0 Å². The molecule has 1 fully saturated rings. The van der Waals surface area contributed by atoms with Crippen LogP contribution in [0.5, 0.6) is 0 Å². The van der Waals surface area contributed by atoms with Gasteiger partial charge in [0.1, 0.15) is 0 Å². The van der Waals surface area contributed by atoms with Gasteiger partial charge in [0.05, 0.1) is 7.05 Å². The molecule has 3 rings (SSSR count). The number of amides is 2. The highest BCUT2D eigenvalue weighted by molar-refractivity contribution is 5.95. The van der Waals surface area contributed by atoms with Gasteiger partial charge >= 0.3 is 0 Å². The molecule has 5 heteroatoms. The minimum atomic E-state index is -0.0861. The third-order valence-corrected chi connectivity index (χ3v) is 3.90. The molecular formula is C18H22N3O2+. The summed E-state index contributed by atoms with van der Waals surface area (Å²) >= 11 is 0. The third kappa shape index (κ3) is 4.53. The summed E-state index contributed by atoms with van der Waals surface area (Å²) in [6, 6.07) is 14.2. The van der Waals surface area contributed by atoms with Crippen molar-refractivity contribution in [3.05, 3.63) is 42.5 Å². The first kappa shape index (κ1) is 15.5. The van der Waals surface area contributed by atoms with Crippen LogP contribution in [0, 0.1) is 0 Å². The van der Waals surface area contributed by atoms with E-state index >= 15 is 0 Å². The molecule has 120 valence electrons. The SMILES string of the molecule is C[NH+](CC(=O)Nc1ccc2ccccc2c1)CC(=O)NC1CC1. The van der Waals surface area contributed by atoms with Gasteiger partial charge in [0.25, 0.3) is 11.8 Å². The van der Waals surface area contributed by atoms with Crippen molar-refractivity contribution in [1.82, 2.24) is 5.32 Å². The number of carbonyl (C=O) groups excluding carboxylic acids is 2. The lowest BCUT2D eigenvalue weighted by Gasteiger charge is -2.13. The number of anilines is 1. The van der Waals surface area contributed by atoms with Gasteiger partial charge in [-0.25, -0.2) is 0 Å². The minimum absolute atomic E-state index is 0.0171. The van der Waals surface area contributed by atoms with E-state index in [4.69, 9.17) is 0 Å². The zero-order chi connectivity index (χ0) is 16.2. The Balaban J connectivity index is 1.51. The summed E-state index contributed by atoms with van der Waals surface area (Å²) < 4.78 is 0. The molecule has 2 aromatic carbocycles. The van der Waals surface area contributed by atoms with E-state index in [9.17, 15) is 9.59 Å². The fourth-order valence-corrected chi connectivity index (χ4v) is 2.59. The van der Waals surface area contributed by atoms with Crippen molar-refractivity contribution in [3.8, 4) is 0 Å². The Morgan fingerprint density at radius 3 is 2.48 bits per heavy atom. The van der Waals surface area contributed by atoms with E-state index in [0.29, 0.717) is 12.6 Å². The van der Waals surface area contributed by atoms with Crippen molar-refractivity contribution in [1.29, 1.82) is 0 Å². The van der Waals surface area contributed by atoms with Crippen LogP contribution in [-0.2, 0) is 9.59 Å². The van der Waals surface area contributed by atoms with Gasteiger partial charge in [-0.05, 0) is 35.7 Å². The number of benzene rings is 2. The van der Waals surface area contributed by atoms with Gasteiger partial charge in [0.15, 0.2) is 13.1 Å².